The van der Waals surface area contributed by atoms with Crippen LogP contribution in [0, 0.1) is 0 Å². The van der Waals surface area contributed by atoms with Crippen molar-refractivity contribution < 1.29 is 23.8 Å². The number of hydrogen-bond acceptors (Lipinski definition) is 6. The van der Waals surface area contributed by atoms with Crippen LogP contribution in [-0.4, -0.2) is 51.3 Å². The maximum Gasteiger partial charge on any atom is 0.237 e. The third kappa shape index (κ3) is 4.27. The number of anilines is 1. The van der Waals surface area contributed by atoms with Gasteiger partial charge >= 0.3 is 0 Å². The number of methoxy groups -OCH3 is 3. The van der Waals surface area contributed by atoms with Gasteiger partial charge in [0.2, 0.25) is 17.6 Å². The molecule has 1 heterocycles. The van der Waals surface area contributed by atoms with Crippen LogP contribution < -0.4 is 30.2 Å². The van der Waals surface area contributed by atoms with Gasteiger partial charge in [-0.25, -0.2) is 0 Å². The molecule has 0 aromatic heterocycles. The van der Waals surface area contributed by atoms with Crippen molar-refractivity contribution in [3.63, 3.8) is 0 Å². The van der Waals surface area contributed by atoms with Crippen LogP contribution in [-0.2, 0) is 9.59 Å². The van der Waals surface area contributed by atoms with E-state index in [0.29, 0.717) is 22.9 Å². The van der Waals surface area contributed by atoms with Gasteiger partial charge in [-0.3, -0.25) is 9.59 Å². The zero-order chi connectivity index (χ0) is 19.4. The smallest absolute Gasteiger partial charge is 0.237 e. The van der Waals surface area contributed by atoms with E-state index in [1.54, 1.807) is 12.1 Å². The highest BCUT2D eigenvalue weighted by molar-refractivity contribution is 5.96. The highest BCUT2D eigenvalue weighted by atomic mass is 16.5. The van der Waals surface area contributed by atoms with Crippen LogP contribution in [0.5, 0.6) is 17.2 Å². The number of carbonyl (C=O) groups is 2. The van der Waals surface area contributed by atoms with Crippen LogP contribution in [0.25, 0.3) is 0 Å². The molecule has 2 amide bonds. The first-order valence-electron chi connectivity index (χ1n) is 9.22. The Morgan fingerprint density at radius 3 is 2.30 bits per heavy atom. The minimum Gasteiger partial charge on any atom is -0.493 e. The highest BCUT2D eigenvalue weighted by Gasteiger charge is 2.37. The van der Waals surface area contributed by atoms with Crippen molar-refractivity contribution in [3.8, 4) is 17.2 Å². The fourth-order valence-electron chi connectivity index (χ4n) is 3.82. The van der Waals surface area contributed by atoms with Gasteiger partial charge in [-0.05, 0) is 12.8 Å². The number of rotatable bonds is 6. The molecule has 0 bridgehead atoms. The molecule has 0 unspecified atom stereocenters. The summed E-state index contributed by atoms with van der Waals surface area (Å²) in [4.78, 5) is 24.8. The van der Waals surface area contributed by atoms with E-state index in [9.17, 15) is 9.59 Å². The van der Waals surface area contributed by atoms with Gasteiger partial charge in [-0.1, -0.05) is 12.8 Å². The minimum atomic E-state index is -0.522. The van der Waals surface area contributed by atoms with Crippen molar-refractivity contribution in [2.75, 3.05) is 26.6 Å². The Balaban J connectivity index is 1.66. The van der Waals surface area contributed by atoms with E-state index in [1.807, 2.05) is 0 Å². The lowest BCUT2D eigenvalue weighted by Crippen LogP contribution is -2.65. The monoisotopic (exact) mass is 377 g/mol. The van der Waals surface area contributed by atoms with Crippen molar-refractivity contribution in [3.05, 3.63) is 12.1 Å². The molecule has 3 N–H and O–H groups in total. The van der Waals surface area contributed by atoms with Crippen molar-refractivity contribution in [1.82, 2.24) is 10.6 Å². The van der Waals surface area contributed by atoms with Crippen molar-refractivity contribution >= 4 is 17.5 Å². The topological polar surface area (TPSA) is 97.9 Å². The Hall–Kier alpha value is -2.48. The zero-order valence-corrected chi connectivity index (χ0v) is 16.0. The summed E-state index contributed by atoms with van der Waals surface area (Å²) in [6.07, 6.45) is 4.36. The molecule has 8 heteroatoms. The molecular formula is C19H27N3O5. The van der Waals surface area contributed by atoms with Crippen LogP contribution in [0.15, 0.2) is 12.1 Å². The van der Waals surface area contributed by atoms with Crippen molar-refractivity contribution in [2.24, 2.45) is 0 Å². The number of ether oxygens (including phenoxy) is 3. The van der Waals surface area contributed by atoms with Gasteiger partial charge in [0.15, 0.2) is 11.5 Å². The van der Waals surface area contributed by atoms with Crippen LogP contribution in [0.3, 0.4) is 0 Å². The molecule has 3 rings (SSSR count). The fraction of sp³-hybridized carbons (Fsp3) is 0.579. The molecule has 1 aromatic rings. The number of benzene rings is 1. The summed E-state index contributed by atoms with van der Waals surface area (Å²) in [6, 6.07) is 3.22. The molecule has 1 aliphatic heterocycles. The number of hydrogen-bond donors (Lipinski definition) is 3. The Morgan fingerprint density at radius 2 is 1.70 bits per heavy atom. The van der Waals surface area contributed by atoms with Crippen LogP contribution in [0.1, 0.15) is 32.1 Å². The van der Waals surface area contributed by atoms with E-state index in [-0.39, 0.29) is 30.3 Å². The highest BCUT2D eigenvalue weighted by Crippen LogP contribution is 2.40. The number of piperazine rings is 1. The Bertz CT molecular complexity index is 684. The number of fused-ring (bicyclic) bond motifs is 1. The van der Waals surface area contributed by atoms with E-state index in [2.05, 4.69) is 16.0 Å². The molecule has 8 nitrogen and oxygen atoms in total. The second-order valence-electron chi connectivity index (χ2n) is 6.89. The average Bonchev–Trinajstić information content (AvgIpc) is 2.67. The van der Waals surface area contributed by atoms with Crippen molar-refractivity contribution in [2.45, 2.75) is 50.2 Å². The maximum absolute atomic E-state index is 12.5. The maximum atomic E-state index is 12.5. The lowest BCUT2D eigenvalue weighted by atomic mass is 9.87. The first-order valence-corrected chi connectivity index (χ1v) is 9.22. The van der Waals surface area contributed by atoms with Crippen LogP contribution in [0.2, 0.25) is 0 Å². The Morgan fingerprint density at radius 1 is 1.07 bits per heavy atom. The van der Waals surface area contributed by atoms with Gasteiger partial charge in [0.1, 0.15) is 0 Å². The molecule has 2 aliphatic rings. The van der Waals surface area contributed by atoms with E-state index in [1.165, 1.54) is 21.3 Å². The van der Waals surface area contributed by atoms with Crippen LogP contribution in [0.4, 0.5) is 5.69 Å². The molecule has 0 radical (unpaired) electrons. The molecular weight excluding hydrogens is 350 g/mol. The SMILES string of the molecule is COc1cc(NC(=O)C[C@@H]2N[C@H]3CCCC[C@@H]3NC2=O)cc(OC)c1OC. The van der Waals surface area contributed by atoms with E-state index in [4.69, 9.17) is 14.2 Å². The van der Waals surface area contributed by atoms with Gasteiger partial charge in [0, 0.05) is 29.9 Å². The Kier molecular flexibility index (Phi) is 6.05. The molecule has 3 atom stereocenters. The fourth-order valence-corrected chi connectivity index (χ4v) is 3.82. The molecule has 2 fully saturated rings. The molecule has 27 heavy (non-hydrogen) atoms. The average molecular weight is 377 g/mol. The van der Waals surface area contributed by atoms with Gasteiger partial charge in [-0.15, -0.1) is 0 Å². The quantitative estimate of drug-likeness (QED) is 0.694. The summed E-state index contributed by atoms with van der Waals surface area (Å²) < 4.78 is 15.9. The molecule has 1 saturated carbocycles. The van der Waals surface area contributed by atoms with E-state index in [0.717, 1.165) is 25.7 Å². The predicted octanol–water partition coefficient (Wildman–Crippen LogP) is 1.44. The molecule has 148 valence electrons. The molecule has 1 saturated heterocycles. The van der Waals surface area contributed by atoms with Gasteiger partial charge < -0.3 is 30.2 Å². The number of amides is 2. The predicted molar refractivity (Wildman–Crippen MR) is 100 cm³/mol. The standard InChI is InChI=1S/C19H27N3O5/c1-25-15-8-11(9-16(26-2)18(15)27-3)20-17(23)10-14-19(24)22-13-7-5-4-6-12(13)21-14/h8-9,12-14,21H,4-7,10H2,1-3H3,(H,20,23)(H,22,24)/t12-,13-,14-/m0/s1. The van der Waals surface area contributed by atoms with E-state index < -0.39 is 6.04 Å². The third-order valence-corrected chi connectivity index (χ3v) is 5.16. The summed E-state index contributed by atoms with van der Waals surface area (Å²) in [5.74, 6) is 0.982. The number of carbonyl (C=O) groups excluding carboxylic acids is 2. The summed E-state index contributed by atoms with van der Waals surface area (Å²) in [7, 11) is 4.55. The first-order chi connectivity index (χ1) is 13.0. The lowest BCUT2D eigenvalue weighted by Gasteiger charge is -2.40. The molecule has 0 spiro atoms. The normalized spacial score (nSPS) is 24.4. The van der Waals surface area contributed by atoms with Gasteiger partial charge in [0.05, 0.1) is 33.8 Å². The number of nitrogens with one attached hydrogen (secondary N) is 3. The second-order valence-corrected chi connectivity index (χ2v) is 6.89. The third-order valence-electron chi connectivity index (χ3n) is 5.16. The van der Waals surface area contributed by atoms with Crippen LogP contribution >= 0.6 is 0 Å². The summed E-state index contributed by atoms with van der Waals surface area (Å²) in [5.41, 5.74) is 0.515. The zero-order valence-electron chi connectivity index (χ0n) is 16.0. The second kappa shape index (κ2) is 8.47. The van der Waals surface area contributed by atoms with E-state index >= 15 is 0 Å². The Labute approximate surface area is 158 Å². The largest absolute Gasteiger partial charge is 0.493 e. The molecule has 1 aromatic carbocycles. The van der Waals surface area contributed by atoms with Crippen molar-refractivity contribution in [1.29, 1.82) is 0 Å². The van der Waals surface area contributed by atoms with Gasteiger partial charge in [-0.2, -0.15) is 0 Å². The minimum absolute atomic E-state index is 0.0612. The summed E-state index contributed by atoms with van der Waals surface area (Å²) >= 11 is 0. The first kappa shape index (κ1) is 19.3. The summed E-state index contributed by atoms with van der Waals surface area (Å²) in [5, 5.41) is 9.20. The molecule has 1 aliphatic carbocycles. The lowest BCUT2D eigenvalue weighted by molar-refractivity contribution is -0.129. The summed E-state index contributed by atoms with van der Waals surface area (Å²) in [6.45, 7) is 0. The van der Waals surface area contributed by atoms with Gasteiger partial charge in [0.25, 0.3) is 0 Å².